The van der Waals surface area contributed by atoms with Gasteiger partial charge in [-0.15, -0.1) is 0 Å². The number of rotatable bonds is 0. The van der Waals surface area contributed by atoms with Crippen LogP contribution in [0.25, 0.3) is 0 Å². The molecule has 1 aromatic rings. The Hall–Kier alpha value is -0.990. The first-order valence-electron chi connectivity index (χ1n) is 1.92. The first-order chi connectivity index (χ1) is 3.29. The van der Waals surface area contributed by atoms with E-state index in [0.717, 1.165) is 0 Å². The summed E-state index contributed by atoms with van der Waals surface area (Å²) in [7, 11) is 1.73. The van der Waals surface area contributed by atoms with Crippen molar-refractivity contribution in [2.24, 2.45) is 7.05 Å². The third-order valence-electron chi connectivity index (χ3n) is 0.667. The molecule has 1 radical (unpaired) electrons. The highest BCUT2D eigenvalue weighted by Crippen LogP contribution is 1.63. The second-order valence-corrected chi connectivity index (χ2v) is 1.33. The van der Waals surface area contributed by atoms with Crippen LogP contribution in [0.1, 0.15) is 0 Å². The summed E-state index contributed by atoms with van der Waals surface area (Å²) in [5.74, 6) is 0. The van der Waals surface area contributed by atoms with Crippen molar-refractivity contribution in [3.63, 3.8) is 0 Å². The van der Waals surface area contributed by atoms with E-state index in [1.165, 1.54) is 0 Å². The van der Waals surface area contributed by atoms with Gasteiger partial charge in [0, 0.05) is 13.2 Å². The minimum Gasteiger partial charge on any atom is -0.295 e. The minimum absolute atomic E-state index is 0.178. The number of aryl methyl sites for hydroxylation is 1. The molecule has 0 amide bonds. The quantitative estimate of drug-likeness (QED) is 0.466. The molecule has 0 spiro atoms. The minimum atomic E-state index is -0.178. The van der Waals surface area contributed by atoms with E-state index in [1.807, 2.05) is 0 Å². The zero-order chi connectivity index (χ0) is 5.28. The smallest absolute Gasteiger partial charge is 0.272 e. The van der Waals surface area contributed by atoms with Gasteiger partial charge < -0.3 is 0 Å². The molecule has 0 saturated carbocycles. The van der Waals surface area contributed by atoms with Crippen LogP contribution in [0, 0.1) is 6.07 Å². The van der Waals surface area contributed by atoms with Gasteiger partial charge in [-0.2, -0.15) is 0 Å². The van der Waals surface area contributed by atoms with Gasteiger partial charge in [0.2, 0.25) is 0 Å². The van der Waals surface area contributed by atoms with Crippen molar-refractivity contribution in [2.75, 3.05) is 0 Å². The third kappa shape index (κ3) is 0.707. The monoisotopic (exact) mass is 97.0 g/mol. The summed E-state index contributed by atoms with van der Waals surface area (Å²) < 4.78 is 1.54. The molecule has 0 unspecified atom stereocenters. The maximum absolute atomic E-state index is 10.2. The van der Waals surface area contributed by atoms with Crippen LogP contribution in [0.4, 0.5) is 0 Å². The predicted molar refractivity (Wildman–Crippen MR) is 24.9 cm³/mol. The van der Waals surface area contributed by atoms with Crippen molar-refractivity contribution in [1.82, 2.24) is 9.78 Å². The number of hydrogen-bond donors (Lipinski definition) is 1. The van der Waals surface area contributed by atoms with E-state index in [4.69, 9.17) is 0 Å². The van der Waals surface area contributed by atoms with Crippen molar-refractivity contribution in [1.29, 1.82) is 0 Å². The summed E-state index contributed by atoms with van der Waals surface area (Å²) in [5, 5.41) is 2.44. The molecule has 0 aliphatic heterocycles. The van der Waals surface area contributed by atoms with E-state index < -0.39 is 0 Å². The second-order valence-electron chi connectivity index (χ2n) is 1.33. The van der Waals surface area contributed by atoms with Gasteiger partial charge in [-0.05, 0) is 0 Å². The summed E-state index contributed by atoms with van der Waals surface area (Å²) in [5.41, 5.74) is -0.178. The zero-order valence-corrected chi connectivity index (χ0v) is 3.93. The number of aromatic nitrogens is 2. The van der Waals surface area contributed by atoms with E-state index in [0.29, 0.717) is 0 Å². The van der Waals surface area contributed by atoms with Crippen LogP contribution in [0.5, 0.6) is 0 Å². The number of hydrogen-bond acceptors (Lipinski definition) is 1. The van der Waals surface area contributed by atoms with E-state index in [-0.39, 0.29) is 5.56 Å². The van der Waals surface area contributed by atoms with Crippen LogP contribution in [0.2, 0.25) is 0 Å². The highest BCUT2D eigenvalue weighted by atomic mass is 16.1. The summed E-state index contributed by atoms with van der Waals surface area (Å²) >= 11 is 0. The zero-order valence-electron chi connectivity index (χ0n) is 3.93. The Kier molecular flexibility index (Phi) is 0.749. The van der Waals surface area contributed by atoms with E-state index in [9.17, 15) is 4.79 Å². The van der Waals surface area contributed by atoms with E-state index in [2.05, 4.69) is 11.2 Å². The topological polar surface area (TPSA) is 37.8 Å². The number of nitrogens with zero attached hydrogens (tertiary/aromatic N) is 1. The molecular formula is C4H5N2O. The van der Waals surface area contributed by atoms with Crippen molar-refractivity contribution in [3.8, 4) is 0 Å². The maximum atomic E-state index is 10.2. The van der Waals surface area contributed by atoms with E-state index >= 15 is 0 Å². The molecule has 1 N–H and O–H groups in total. The molecule has 0 aromatic carbocycles. The Labute approximate surface area is 40.6 Å². The molecule has 3 nitrogen and oxygen atoms in total. The first kappa shape index (κ1) is 4.18. The Morgan fingerprint density at radius 2 is 2.71 bits per heavy atom. The molecule has 0 aliphatic carbocycles. The van der Waals surface area contributed by atoms with E-state index in [1.54, 1.807) is 17.9 Å². The maximum Gasteiger partial charge on any atom is 0.272 e. The Morgan fingerprint density at radius 1 is 2.00 bits per heavy atom. The van der Waals surface area contributed by atoms with Crippen LogP contribution >= 0.6 is 0 Å². The predicted octanol–water partition coefficient (Wildman–Crippen LogP) is -0.486. The SMILES string of the molecule is Cn1c[c]c(=O)[nH]1. The Morgan fingerprint density at radius 3 is 2.86 bits per heavy atom. The summed E-state index contributed by atoms with van der Waals surface area (Å²) in [6.07, 6.45) is 1.54. The molecule has 1 aromatic heterocycles. The van der Waals surface area contributed by atoms with Crippen LogP contribution in [0.3, 0.4) is 0 Å². The van der Waals surface area contributed by atoms with Gasteiger partial charge in [0.25, 0.3) is 5.56 Å². The number of aromatic amines is 1. The van der Waals surface area contributed by atoms with Gasteiger partial charge in [0.15, 0.2) is 0 Å². The largest absolute Gasteiger partial charge is 0.295 e. The van der Waals surface area contributed by atoms with Crippen LogP contribution in [-0.2, 0) is 7.05 Å². The fraction of sp³-hybridized carbons (Fsp3) is 0.250. The Balaban J connectivity index is 3.30. The third-order valence-corrected chi connectivity index (χ3v) is 0.667. The van der Waals surface area contributed by atoms with Gasteiger partial charge in [-0.25, -0.2) is 0 Å². The van der Waals surface area contributed by atoms with Crippen LogP contribution < -0.4 is 5.56 Å². The van der Waals surface area contributed by atoms with Gasteiger partial charge in [0.1, 0.15) is 0 Å². The lowest BCUT2D eigenvalue weighted by Crippen LogP contribution is -2.00. The van der Waals surface area contributed by atoms with Crippen molar-refractivity contribution >= 4 is 0 Å². The number of nitrogens with one attached hydrogen (secondary N) is 1. The molecule has 37 valence electrons. The first-order valence-corrected chi connectivity index (χ1v) is 1.92. The molecule has 0 aliphatic rings. The number of H-pyrrole nitrogens is 1. The Bertz CT molecular complexity index is 197. The average molecular weight is 97.1 g/mol. The van der Waals surface area contributed by atoms with Crippen molar-refractivity contribution < 1.29 is 0 Å². The van der Waals surface area contributed by atoms with Gasteiger partial charge >= 0.3 is 0 Å². The lowest BCUT2D eigenvalue weighted by molar-refractivity contribution is 0.756. The highest BCUT2D eigenvalue weighted by molar-refractivity contribution is 4.74. The molecule has 1 heterocycles. The molecule has 0 saturated heterocycles. The highest BCUT2D eigenvalue weighted by Gasteiger charge is 1.79. The standard InChI is InChI=1S/C4H5N2O/c1-6-3-2-4(7)5-6/h3H,1H3,(H,5,7). The molecule has 7 heavy (non-hydrogen) atoms. The van der Waals surface area contributed by atoms with Crippen molar-refractivity contribution in [2.45, 2.75) is 0 Å². The second kappa shape index (κ2) is 1.26. The molecule has 0 fully saturated rings. The summed E-state index contributed by atoms with van der Waals surface area (Å²) in [6.45, 7) is 0. The molecule has 1 rings (SSSR count). The van der Waals surface area contributed by atoms with Gasteiger partial charge in [0.05, 0.1) is 6.07 Å². The van der Waals surface area contributed by atoms with Gasteiger partial charge in [-0.3, -0.25) is 14.6 Å². The average Bonchev–Trinajstić information content (AvgIpc) is 1.87. The summed E-state index contributed by atoms with van der Waals surface area (Å²) in [6, 6.07) is 2.42. The molecular weight excluding hydrogens is 92.1 g/mol. The molecule has 0 bridgehead atoms. The summed E-state index contributed by atoms with van der Waals surface area (Å²) in [4.78, 5) is 10.2. The van der Waals surface area contributed by atoms with Gasteiger partial charge in [-0.1, -0.05) is 0 Å². The lowest BCUT2D eigenvalue weighted by atomic mass is 10.7. The normalized spacial score (nSPS) is 9.29. The van der Waals surface area contributed by atoms with Crippen LogP contribution in [0.15, 0.2) is 11.0 Å². The fourth-order valence-corrected chi connectivity index (χ4v) is 0.380. The lowest BCUT2D eigenvalue weighted by Gasteiger charge is -1.80. The van der Waals surface area contributed by atoms with Crippen LogP contribution in [-0.4, -0.2) is 9.78 Å². The fourth-order valence-electron chi connectivity index (χ4n) is 0.380. The molecule has 3 heteroatoms. The molecule has 0 atom stereocenters. The van der Waals surface area contributed by atoms with Crippen molar-refractivity contribution in [3.05, 3.63) is 22.6 Å².